The van der Waals surface area contributed by atoms with Crippen molar-refractivity contribution in [1.82, 2.24) is 9.99 Å². The quantitative estimate of drug-likeness (QED) is 0.647. The first kappa shape index (κ1) is 18.4. The van der Waals surface area contributed by atoms with Crippen molar-refractivity contribution >= 4 is 12.1 Å². The molecule has 1 N–H and O–H groups in total. The predicted octanol–water partition coefficient (Wildman–Crippen LogP) is 2.53. The van der Waals surface area contributed by atoms with Crippen LogP contribution in [0.5, 0.6) is 0 Å². The monoisotopic (exact) mass is 342 g/mol. The molecule has 1 amide bonds. The van der Waals surface area contributed by atoms with E-state index < -0.39 is 11.7 Å². The molecule has 0 spiro atoms. The fourth-order valence-corrected chi connectivity index (χ4v) is 2.47. The second kappa shape index (κ2) is 8.22. The number of nitrogens with one attached hydrogen (secondary N) is 1. The Morgan fingerprint density at radius 1 is 1.44 bits per heavy atom. The van der Waals surface area contributed by atoms with Crippen LogP contribution in [-0.2, 0) is 11.3 Å². The minimum absolute atomic E-state index is 0.154. The summed E-state index contributed by atoms with van der Waals surface area (Å²) in [6.07, 6.45) is 1.52. The van der Waals surface area contributed by atoms with Gasteiger partial charge in [-0.05, 0) is 38.1 Å². The van der Waals surface area contributed by atoms with Crippen LogP contribution in [0.15, 0.2) is 29.4 Å². The number of aromatic nitrogens is 1. The van der Waals surface area contributed by atoms with E-state index in [0.717, 1.165) is 29.6 Å². The Hall–Kier alpha value is -2.98. The Morgan fingerprint density at radius 3 is 2.84 bits per heavy atom. The minimum Gasteiger partial charge on any atom is -0.383 e. The fraction of sp³-hybridized carbons (Fsp3) is 0.278. The highest BCUT2D eigenvalue weighted by Gasteiger charge is 2.12. The number of hydrazone groups is 1. The molecule has 0 radical (unpaired) electrons. The van der Waals surface area contributed by atoms with Crippen LogP contribution in [0, 0.1) is 31.0 Å². The van der Waals surface area contributed by atoms with Gasteiger partial charge in [0.1, 0.15) is 5.82 Å². The number of hydrogen-bond donors (Lipinski definition) is 1. The molecule has 0 bridgehead atoms. The maximum atomic E-state index is 13.8. The third kappa shape index (κ3) is 4.31. The van der Waals surface area contributed by atoms with Crippen molar-refractivity contribution < 1.29 is 13.9 Å². The Morgan fingerprint density at radius 2 is 2.20 bits per heavy atom. The summed E-state index contributed by atoms with van der Waals surface area (Å²) in [6.45, 7) is 5.25. The van der Waals surface area contributed by atoms with Gasteiger partial charge in [-0.2, -0.15) is 10.4 Å². The number of nitriles is 1. The zero-order valence-electron chi connectivity index (χ0n) is 14.3. The third-order valence-electron chi connectivity index (χ3n) is 3.84. The first-order valence-corrected chi connectivity index (χ1v) is 7.66. The van der Waals surface area contributed by atoms with Crippen molar-refractivity contribution in [1.29, 1.82) is 5.26 Å². The van der Waals surface area contributed by atoms with Crippen LogP contribution in [0.25, 0.3) is 0 Å². The third-order valence-corrected chi connectivity index (χ3v) is 3.84. The summed E-state index contributed by atoms with van der Waals surface area (Å²) < 4.78 is 21.0. The van der Waals surface area contributed by atoms with Gasteiger partial charge in [0.2, 0.25) is 0 Å². The summed E-state index contributed by atoms with van der Waals surface area (Å²) in [5.41, 5.74) is 5.20. The molecule has 0 atom stereocenters. The topological polar surface area (TPSA) is 79.4 Å². The van der Waals surface area contributed by atoms with E-state index in [1.165, 1.54) is 18.3 Å². The van der Waals surface area contributed by atoms with Crippen LogP contribution in [0.1, 0.15) is 32.9 Å². The predicted molar refractivity (Wildman–Crippen MR) is 92.0 cm³/mol. The molecule has 0 saturated carbocycles. The van der Waals surface area contributed by atoms with Crippen molar-refractivity contribution in [2.45, 2.75) is 20.4 Å². The van der Waals surface area contributed by atoms with Crippen molar-refractivity contribution in [2.75, 3.05) is 13.7 Å². The molecule has 0 aliphatic rings. The molecular weight excluding hydrogens is 323 g/mol. The van der Waals surface area contributed by atoms with Gasteiger partial charge in [0.25, 0.3) is 5.91 Å². The molecule has 2 rings (SSSR count). The molecule has 1 heterocycles. The average molecular weight is 342 g/mol. The standard InChI is InChI=1S/C18H19FN4O2/c1-12-8-15(13(2)23(12)6-7-25-3)11-21-22-18(24)16-5-4-14(10-20)9-17(16)19/h4-5,8-9,11H,6-7H2,1-3H3,(H,22,24)/b21-11+. The van der Waals surface area contributed by atoms with E-state index in [-0.39, 0.29) is 11.1 Å². The number of rotatable bonds is 6. The van der Waals surface area contributed by atoms with Gasteiger partial charge in [0, 0.05) is 30.6 Å². The number of aryl methyl sites for hydroxylation is 1. The van der Waals surface area contributed by atoms with Gasteiger partial charge in [-0.15, -0.1) is 0 Å². The van der Waals surface area contributed by atoms with Crippen molar-refractivity contribution in [3.63, 3.8) is 0 Å². The maximum Gasteiger partial charge on any atom is 0.274 e. The highest BCUT2D eigenvalue weighted by molar-refractivity contribution is 5.95. The highest BCUT2D eigenvalue weighted by Crippen LogP contribution is 2.13. The van der Waals surface area contributed by atoms with Crippen molar-refractivity contribution in [3.8, 4) is 6.07 Å². The Bertz CT molecular complexity index is 849. The van der Waals surface area contributed by atoms with Crippen LogP contribution in [0.4, 0.5) is 4.39 Å². The van der Waals surface area contributed by atoms with Crippen LogP contribution >= 0.6 is 0 Å². The second-order valence-electron chi connectivity index (χ2n) is 5.48. The van der Waals surface area contributed by atoms with E-state index in [0.29, 0.717) is 6.61 Å². The molecule has 0 fully saturated rings. The highest BCUT2D eigenvalue weighted by atomic mass is 19.1. The summed E-state index contributed by atoms with van der Waals surface area (Å²) in [5, 5.41) is 12.6. The molecule has 0 aliphatic heterocycles. The van der Waals surface area contributed by atoms with E-state index in [1.807, 2.05) is 26.0 Å². The van der Waals surface area contributed by atoms with Gasteiger partial charge in [-0.25, -0.2) is 9.82 Å². The average Bonchev–Trinajstić information content (AvgIpc) is 2.86. The Labute approximate surface area is 145 Å². The second-order valence-corrected chi connectivity index (χ2v) is 5.48. The van der Waals surface area contributed by atoms with Crippen LogP contribution in [0.2, 0.25) is 0 Å². The molecule has 1 aromatic heterocycles. The zero-order valence-corrected chi connectivity index (χ0v) is 14.3. The number of hydrogen-bond acceptors (Lipinski definition) is 4. The van der Waals surface area contributed by atoms with E-state index >= 15 is 0 Å². The summed E-state index contributed by atoms with van der Waals surface area (Å²) >= 11 is 0. The van der Waals surface area contributed by atoms with Crippen LogP contribution in [-0.4, -0.2) is 30.4 Å². The lowest BCUT2D eigenvalue weighted by atomic mass is 10.1. The number of carbonyl (C=O) groups is 1. The lowest BCUT2D eigenvalue weighted by Gasteiger charge is -2.08. The number of ether oxygens (including phenoxy) is 1. The molecule has 25 heavy (non-hydrogen) atoms. The van der Waals surface area contributed by atoms with Gasteiger partial charge in [-0.3, -0.25) is 4.79 Å². The lowest BCUT2D eigenvalue weighted by Crippen LogP contribution is -2.19. The van der Waals surface area contributed by atoms with Gasteiger partial charge in [0.15, 0.2) is 0 Å². The van der Waals surface area contributed by atoms with Crippen LogP contribution in [0.3, 0.4) is 0 Å². The molecule has 6 nitrogen and oxygen atoms in total. The number of nitrogens with zero attached hydrogens (tertiary/aromatic N) is 3. The number of methoxy groups -OCH3 is 1. The van der Waals surface area contributed by atoms with E-state index in [9.17, 15) is 9.18 Å². The van der Waals surface area contributed by atoms with Gasteiger partial charge in [0.05, 0.1) is 30.0 Å². The van der Waals surface area contributed by atoms with Crippen LogP contribution < -0.4 is 5.43 Å². The molecule has 0 aliphatic carbocycles. The molecule has 1 aromatic carbocycles. The first-order valence-electron chi connectivity index (χ1n) is 7.66. The summed E-state index contributed by atoms with van der Waals surface area (Å²) in [6, 6.07) is 7.42. The van der Waals surface area contributed by atoms with Crippen molar-refractivity contribution in [3.05, 3.63) is 58.2 Å². The molecule has 2 aromatic rings. The summed E-state index contributed by atoms with van der Waals surface area (Å²) in [4.78, 5) is 12.0. The number of benzene rings is 1. The van der Waals surface area contributed by atoms with Gasteiger partial charge >= 0.3 is 0 Å². The Kier molecular flexibility index (Phi) is 6.03. The molecule has 130 valence electrons. The normalized spacial score (nSPS) is 10.8. The molecule has 0 unspecified atom stereocenters. The summed E-state index contributed by atoms with van der Waals surface area (Å²) in [7, 11) is 1.65. The largest absolute Gasteiger partial charge is 0.383 e. The minimum atomic E-state index is -0.760. The van der Waals surface area contributed by atoms with Crippen molar-refractivity contribution in [2.24, 2.45) is 5.10 Å². The van der Waals surface area contributed by atoms with Gasteiger partial charge in [-0.1, -0.05) is 0 Å². The lowest BCUT2D eigenvalue weighted by molar-refractivity contribution is 0.0951. The number of carbonyl (C=O) groups excluding carboxylic acids is 1. The van der Waals surface area contributed by atoms with Gasteiger partial charge < -0.3 is 9.30 Å². The molecule has 0 saturated heterocycles. The SMILES string of the molecule is COCCn1c(C)cc(/C=N/NC(=O)c2ccc(C#N)cc2F)c1C. The smallest absolute Gasteiger partial charge is 0.274 e. The molecule has 7 heteroatoms. The molecular formula is C18H19FN4O2. The van der Waals surface area contributed by atoms with E-state index in [4.69, 9.17) is 10.00 Å². The number of halogens is 1. The fourth-order valence-electron chi connectivity index (χ4n) is 2.47. The Balaban J connectivity index is 2.08. The number of amides is 1. The van der Waals surface area contributed by atoms with E-state index in [1.54, 1.807) is 7.11 Å². The first-order chi connectivity index (χ1) is 12.0. The maximum absolute atomic E-state index is 13.8. The zero-order chi connectivity index (χ0) is 18.4. The summed E-state index contributed by atoms with van der Waals surface area (Å²) in [5.74, 6) is -1.43. The van der Waals surface area contributed by atoms with E-state index in [2.05, 4.69) is 15.1 Å².